The Morgan fingerprint density at radius 1 is 0.964 bits per heavy atom. The van der Waals surface area contributed by atoms with Crippen LogP contribution in [0.4, 0.5) is 5.69 Å². The number of phenolic OH excluding ortho intramolecular Hbond substituents is 1. The molecule has 1 aliphatic heterocycles. The van der Waals surface area contributed by atoms with Gasteiger partial charge in [0, 0.05) is 17.8 Å². The Balaban J connectivity index is 1.95. The smallest absolute Gasteiger partial charge is 0.265 e. The van der Waals surface area contributed by atoms with E-state index in [0.29, 0.717) is 5.69 Å². The lowest BCUT2D eigenvalue weighted by Crippen LogP contribution is -2.23. The Labute approximate surface area is 166 Å². The number of fused-ring (bicyclic) bond motifs is 6. The zero-order valence-corrected chi connectivity index (χ0v) is 16.0. The highest BCUT2D eigenvalue weighted by atomic mass is 35.5. The van der Waals surface area contributed by atoms with Crippen LogP contribution < -0.4 is 10.0 Å². The molecule has 0 aliphatic carbocycles. The molecule has 3 aromatic rings. The molecular formula is C20H15ClN2O4S. The van der Waals surface area contributed by atoms with Crippen LogP contribution >= 0.6 is 11.6 Å². The first-order chi connectivity index (χ1) is 13.3. The van der Waals surface area contributed by atoms with Gasteiger partial charge >= 0.3 is 0 Å². The first kappa shape index (κ1) is 18.3. The maximum absolute atomic E-state index is 12.8. The zero-order chi connectivity index (χ0) is 19.9. The Morgan fingerprint density at radius 3 is 2.57 bits per heavy atom. The van der Waals surface area contributed by atoms with E-state index < -0.39 is 26.6 Å². The van der Waals surface area contributed by atoms with E-state index in [1.807, 2.05) is 30.3 Å². The summed E-state index contributed by atoms with van der Waals surface area (Å²) in [5.41, 5.74) is 2.90. The molecule has 3 N–H and O–H groups in total. The van der Waals surface area contributed by atoms with Crippen LogP contribution in [0.25, 0.3) is 11.1 Å². The lowest BCUT2D eigenvalue weighted by atomic mass is 9.99. The van der Waals surface area contributed by atoms with Gasteiger partial charge in [-0.3, -0.25) is 9.52 Å². The summed E-state index contributed by atoms with van der Waals surface area (Å²) in [5.74, 6) is -1.11. The number of carbonyl (C=O) groups is 1. The van der Waals surface area contributed by atoms with Crippen LogP contribution in [-0.4, -0.2) is 19.4 Å². The molecule has 1 amide bonds. The first-order valence-electron chi connectivity index (χ1n) is 8.37. The lowest BCUT2D eigenvalue weighted by Gasteiger charge is -2.12. The highest BCUT2D eigenvalue weighted by Crippen LogP contribution is 2.34. The number of aromatic hydroxyl groups is 1. The van der Waals surface area contributed by atoms with Gasteiger partial charge in [0.2, 0.25) is 0 Å². The van der Waals surface area contributed by atoms with Crippen molar-refractivity contribution in [2.75, 3.05) is 4.72 Å². The number of phenols is 1. The second kappa shape index (κ2) is 6.85. The molecule has 4 rings (SSSR count). The van der Waals surface area contributed by atoms with Gasteiger partial charge in [0.25, 0.3) is 15.9 Å². The average molecular weight is 415 g/mol. The highest BCUT2D eigenvalue weighted by Gasteiger charge is 2.24. The molecule has 0 saturated heterocycles. The van der Waals surface area contributed by atoms with Crippen LogP contribution in [-0.2, 0) is 16.6 Å². The van der Waals surface area contributed by atoms with Gasteiger partial charge in [-0.1, -0.05) is 48.0 Å². The third-order valence-electron chi connectivity index (χ3n) is 4.46. The maximum Gasteiger partial charge on any atom is 0.265 e. The quantitative estimate of drug-likeness (QED) is 0.522. The van der Waals surface area contributed by atoms with E-state index >= 15 is 0 Å². The number of hydrogen-bond donors (Lipinski definition) is 3. The molecule has 0 saturated carbocycles. The zero-order valence-electron chi connectivity index (χ0n) is 14.4. The minimum atomic E-state index is -4.18. The van der Waals surface area contributed by atoms with E-state index in [-0.39, 0.29) is 17.1 Å². The summed E-state index contributed by atoms with van der Waals surface area (Å²) in [6, 6.07) is 16.7. The average Bonchev–Trinajstić information content (AvgIpc) is 2.67. The van der Waals surface area contributed by atoms with Gasteiger partial charge in [-0.05, 0) is 41.0 Å². The summed E-state index contributed by atoms with van der Waals surface area (Å²) >= 11 is 5.98. The fourth-order valence-electron chi connectivity index (χ4n) is 3.10. The molecular weight excluding hydrogens is 400 g/mol. The number of rotatable bonds is 0. The fourth-order valence-corrected chi connectivity index (χ4v) is 4.57. The Morgan fingerprint density at radius 2 is 1.75 bits per heavy atom. The summed E-state index contributed by atoms with van der Waals surface area (Å²) in [6.45, 7) is 0.243. The van der Waals surface area contributed by atoms with Crippen LogP contribution in [0.15, 0.2) is 65.6 Å². The minimum absolute atomic E-state index is 0.0339. The molecule has 28 heavy (non-hydrogen) atoms. The summed E-state index contributed by atoms with van der Waals surface area (Å²) in [6.07, 6.45) is 0. The number of benzene rings is 3. The van der Waals surface area contributed by atoms with E-state index in [1.54, 1.807) is 18.2 Å². The monoisotopic (exact) mass is 414 g/mol. The van der Waals surface area contributed by atoms with Crippen LogP contribution in [0.2, 0.25) is 5.02 Å². The van der Waals surface area contributed by atoms with Crippen molar-refractivity contribution in [2.45, 2.75) is 11.4 Å². The lowest BCUT2D eigenvalue weighted by molar-refractivity contribution is 0.0950. The predicted molar refractivity (Wildman–Crippen MR) is 107 cm³/mol. The molecule has 1 aliphatic rings. The number of sulfonamides is 1. The highest BCUT2D eigenvalue weighted by molar-refractivity contribution is 7.92. The van der Waals surface area contributed by atoms with Crippen molar-refractivity contribution < 1.29 is 18.3 Å². The molecule has 0 spiro atoms. The Bertz CT molecular complexity index is 1210. The molecule has 6 nitrogen and oxygen atoms in total. The van der Waals surface area contributed by atoms with Gasteiger partial charge in [0.1, 0.15) is 4.90 Å². The van der Waals surface area contributed by atoms with Crippen LogP contribution in [0.5, 0.6) is 5.75 Å². The SMILES string of the molecule is O=C1NCc2ccccc2-c2cccc(c2)NS(=O)(=O)c2cc1cc(Cl)c2O. The normalized spacial score (nSPS) is 15.1. The van der Waals surface area contributed by atoms with Gasteiger partial charge in [0.15, 0.2) is 5.75 Å². The van der Waals surface area contributed by atoms with E-state index in [4.69, 9.17) is 11.6 Å². The number of nitrogens with one attached hydrogen (secondary N) is 2. The van der Waals surface area contributed by atoms with Crippen LogP contribution in [0.3, 0.4) is 0 Å². The van der Waals surface area contributed by atoms with E-state index in [1.165, 1.54) is 6.07 Å². The van der Waals surface area contributed by atoms with Gasteiger partial charge < -0.3 is 10.4 Å². The Kier molecular flexibility index (Phi) is 4.49. The molecule has 0 unspecified atom stereocenters. The van der Waals surface area contributed by atoms with Crippen LogP contribution in [0.1, 0.15) is 15.9 Å². The summed E-state index contributed by atoms with van der Waals surface area (Å²) in [7, 11) is -4.18. The third-order valence-corrected chi connectivity index (χ3v) is 6.15. The van der Waals surface area contributed by atoms with Crippen molar-refractivity contribution in [1.82, 2.24) is 5.32 Å². The molecule has 1 heterocycles. The van der Waals surface area contributed by atoms with Crippen molar-refractivity contribution in [3.8, 4) is 16.9 Å². The van der Waals surface area contributed by atoms with Crippen LogP contribution in [0, 0.1) is 0 Å². The van der Waals surface area contributed by atoms with Gasteiger partial charge in [-0.2, -0.15) is 0 Å². The second-order valence-electron chi connectivity index (χ2n) is 6.33. The number of hydrogen-bond acceptors (Lipinski definition) is 4. The molecule has 8 heteroatoms. The summed E-state index contributed by atoms with van der Waals surface area (Å²) in [5, 5.41) is 12.7. The predicted octanol–water partition coefficient (Wildman–Crippen LogP) is 3.76. The molecule has 0 radical (unpaired) electrons. The maximum atomic E-state index is 12.8. The van der Waals surface area contributed by atoms with Crippen molar-refractivity contribution >= 4 is 33.2 Å². The molecule has 3 aromatic carbocycles. The van der Waals surface area contributed by atoms with Crippen molar-refractivity contribution in [3.05, 3.63) is 76.8 Å². The fraction of sp³-hybridized carbons (Fsp3) is 0.0500. The van der Waals surface area contributed by atoms with Gasteiger partial charge in [-0.25, -0.2) is 8.42 Å². The summed E-state index contributed by atoms with van der Waals surface area (Å²) in [4.78, 5) is 12.1. The topological polar surface area (TPSA) is 95.5 Å². The second-order valence-corrected chi connectivity index (χ2v) is 8.39. The standard InChI is InChI=1S/C20H15ClN2O4S/c21-17-9-14-10-18(19(17)24)28(26,27)23-15-6-3-5-12(8-15)16-7-2-1-4-13(16)11-22-20(14)25/h1-10,23-24H,11H2,(H,22,25). The van der Waals surface area contributed by atoms with Crippen molar-refractivity contribution in [3.63, 3.8) is 0 Å². The summed E-state index contributed by atoms with van der Waals surface area (Å²) < 4.78 is 28.1. The number of anilines is 1. The minimum Gasteiger partial charge on any atom is -0.505 e. The van der Waals surface area contributed by atoms with E-state index in [0.717, 1.165) is 22.8 Å². The van der Waals surface area contributed by atoms with Gasteiger partial charge in [0.05, 0.1) is 5.02 Å². The first-order valence-corrected chi connectivity index (χ1v) is 10.2. The third kappa shape index (κ3) is 3.30. The molecule has 4 bridgehead atoms. The number of amides is 1. The number of halogens is 1. The largest absolute Gasteiger partial charge is 0.505 e. The van der Waals surface area contributed by atoms with E-state index in [9.17, 15) is 18.3 Å². The van der Waals surface area contributed by atoms with Gasteiger partial charge in [-0.15, -0.1) is 0 Å². The number of carbonyl (C=O) groups excluding carboxylic acids is 1. The molecule has 0 aromatic heterocycles. The molecule has 0 atom stereocenters. The Hall–Kier alpha value is -3.03. The molecule has 0 fully saturated rings. The van der Waals surface area contributed by atoms with Crippen molar-refractivity contribution in [2.24, 2.45) is 0 Å². The molecule has 142 valence electrons. The van der Waals surface area contributed by atoms with Crippen molar-refractivity contribution in [1.29, 1.82) is 0 Å². The van der Waals surface area contributed by atoms with E-state index in [2.05, 4.69) is 10.0 Å².